The van der Waals surface area contributed by atoms with E-state index in [1.165, 1.54) is 31.7 Å². The van der Waals surface area contributed by atoms with Crippen LogP contribution >= 0.6 is 11.6 Å². The Bertz CT molecular complexity index is 1210. The molecule has 148 valence electrons. The van der Waals surface area contributed by atoms with Crippen LogP contribution in [0.25, 0.3) is 11.2 Å². The van der Waals surface area contributed by atoms with Gasteiger partial charge in [-0.05, 0) is 24.6 Å². The zero-order valence-electron chi connectivity index (χ0n) is 15.2. The van der Waals surface area contributed by atoms with Gasteiger partial charge in [-0.3, -0.25) is 23.3 Å². The number of carbonyl (C=O) groups is 1. The van der Waals surface area contributed by atoms with Crippen molar-refractivity contribution in [3.8, 4) is 0 Å². The second-order valence-electron chi connectivity index (χ2n) is 6.30. The van der Waals surface area contributed by atoms with Gasteiger partial charge in [0.15, 0.2) is 11.2 Å². The van der Waals surface area contributed by atoms with Crippen molar-refractivity contribution in [1.82, 2.24) is 24.0 Å². The van der Waals surface area contributed by atoms with Gasteiger partial charge in [-0.1, -0.05) is 6.07 Å². The highest BCUT2D eigenvalue weighted by atomic mass is 35.5. The van der Waals surface area contributed by atoms with Crippen molar-refractivity contribution < 1.29 is 13.6 Å². The third kappa shape index (κ3) is 3.31. The first-order chi connectivity index (χ1) is 13.1. The number of fused-ring (bicyclic) bond motifs is 1. The fraction of sp³-hybridized carbons (Fsp3) is 0.294. The second-order valence-corrected chi connectivity index (χ2v) is 6.64. The molecule has 2 heterocycles. The molecule has 0 bridgehead atoms. The van der Waals surface area contributed by atoms with Gasteiger partial charge in [0.05, 0.1) is 6.04 Å². The molecule has 11 heteroatoms. The van der Waals surface area contributed by atoms with E-state index in [4.69, 9.17) is 11.6 Å². The minimum Gasteiger partial charge on any atom is -0.348 e. The fourth-order valence-corrected chi connectivity index (χ4v) is 3.15. The molecule has 0 aliphatic rings. The lowest BCUT2D eigenvalue weighted by Crippen LogP contribution is -2.38. The van der Waals surface area contributed by atoms with Crippen molar-refractivity contribution in [1.29, 1.82) is 0 Å². The van der Waals surface area contributed by atoms with E-state index in [2.05, 4.69) is 10.3 Å². The van der Waals surface area contributed by atoms with Crippen molar-refractivity contribution in [3.05, 3.63) is 61.5 Å². The zero-order valence-corrected chi connectivity index (χ0v) is 15.9. The third-order valence-electron chi connectivity index (χ3n) is 4.41. The highest BCUT2D eigenvalue weighted by Crippen LogP contribution is 2.19. The molecule has 2 aromatic heterocycles. The van der Waals surface area contributed by atoms with Crippen LogP contribution in [-0.4, -0.2) is 24.6 Å². The van der Waals surface area contributed by atoms with Crippen molar-refractivity contribution in [2.45, 2.75) is 19.5 Å². The molecule has 1 N–H and O–H groups in total. The highest BCUT2D eigenvalue weighted by Gasteiger charge is 2.21. The van der Waals surface area contributed by atoms with Gasteiger partial charge in [-0.15, -0.1) is 0 Å². The maximum Gasteiger partial charge on any atom is 0.332 e. The summed E-state index contributed by atoms with van der Waals surface area (Å²) in [4.78, 5) is 40.9. The van der Waals surface area contributed by atoms with E-state index in [0.717, 1.165) is 21.3 Å². The van der Waals surface area contributed by atoms with E-state index in [9.17, 15) is 23.2 Å². The van der Waals surface area contributed by atoms with E-state index in [0.29, 0.717) is 0 Å². The zero-order chi connectivity index (χ0) is 20.7. The van der Waals surface area contributed by atoms with E-state index in [-0.39, 0.29) is 28.6 Å². The standard InChI is InChI=1S/C17H16ClF2N5O3/c1-8(10-5-4-9(19)6-11(10)20)21-12(26)7-25-13-14(22-16(25)18)23(2)17(28)24(3)15(13)27/h4-6,8H,7H2,1-3H3,(H,21,26)/t8-/m1/s1. The van der Waals surface area contributed by atoms with Gasteiger partial charge in [0.1, 0.15) is 18.2 Å². The SMILES string of the molecule is C[C@@H](NC(=O)Cn1c(Cl)nc2c1c(=O)n(C)c(=O)n2C)c1ccc(F)cc1F. The minimum absolute atomic E-state index is 0.00892. The van der Waals surface area contributed by atoms with Crippen LogP contribution < -0.4 is 16.6 Å². The summed E-state index contributed by atoms with van der Waals surface area (Å²) < 4.78 is 30.1. The Kier molecular flexibility index (Phi) is 5.07. The second kappa shape index (κ2) is 7.19. The number of carbonyl (C=O) groups excluding carboxylic acids is 1. The maximum absolute atomic E-state index is 13.9. The quantitative estimate of drug-likeness (QED) is 0.654. The monoisotopic (exact) mass is 411 g/mol. The van der Waals surface area contributed by atoms with Crippen LogP contribution in [0.15, 0.2) is 27.8 Å². The molecule has 1 amide bonds. The van der Waals surface area contributed by atoms with Gasteiger partial charge in [0.2, 0.25) is 11.2 Å². The van der Waals surface area contributed by atoms with E-state index in [1.807, 2.05) is 0 Å². The van der Waals surface area contributed by atoms with Crippen LogP contribution in [0.3, 0.4) is 0 Å². The summed E-state index contributed by atoms with van der Waals surface area (Å²) in [5, 5.41) is 2.41. The van der Waals surface area contributed by atoms with Crippen LogP contribution in [0.5, 0.6) is 0 Å². The number of benzene rings is 1. The summed E-state index contributed by atoms with van der Waals surface area (Å²) >= 11 is 6.06. The van der Waals surface area contributed by atoms with Crippen molar-refractivity contribution in [3.63, 3.8) is 0 Å². The highest BCUT2D eigenvalue weighted by molar-refractivity contribution is 6.29. The normalized spacial score (nSPS) is 12.4. The smallest absolute Gasteiger partial charge is 0.332 e. The molecule has 3 rings (SSSR count). The predicted molar refractivity (Wildman–Crippen MR) is 98.1 cm³/mol. The number of aryl methyl sites for hydroxylation is 1. The van der Waals surface area contributed by atoms with Crippen LogP contribution in [0.2, 0.25) is 5.28 Å². The van der Waals surface area contributed by atoms with Crippen molar-refractivity contribution in [2.75, 3.05) is 0 Å². The molecule has 8 nitrogen and oxygen atoms in total. The molecule has 0 spiro atoms. The van der Waals surface area contributed by atoms with Crippen LogP contribution in [0, 0.1) is 11.6 Å². The molecule has 1 aromatic carbocycles. The third-order valence-corrected chi connectivity index (χ3v) is 4.70. The molecule has 0 saturated carbocycles. The molecule has 0 unspecified atom stereocenters. The Labute approximate surface area is 162 Å². The van der Waals surface area contributed by atoms with E-state index in [1.54, 1.807) is 0 Å². The van der Waals surface area contributed by atoms with Gasteiger partial charge in [0, 0.05) is 25.7 Å². The summed E-state index contributed by atoms with van der Waals surface area (Å²) in [6.45, 7) is 1.15. The number of hydrogen-bond acceptors (Lipinski definition) is 4. The van der Waals surface area contributed by atoms with Crippen LogP contribution in [0.1, 0.15) is 18.5 Å². The summed E-state index contributed by atoms with van der Waals surface area (Å²) in [5.41, 5.74) is -1.09. The number of aromatic nitrogens is 4. The predicted octanol–water partition coefficient (Wildman–Crippen LogP) is 1.24. The minimum atomic E-state index is -0.789. The molecule has 1 atom stereocenters. The molecular formula is C17H16ClF2N5O3. The first-order valence-corrected chi connectivity index (χ1v) is 8.55. The molecule has 0 aliphatic carbocycles. The largest absolute Gasteiger partial charge is 0.348 e. The Hall–Kier alpha value is -3.01. The fourth-order valence-electron chi connectivity index (χ4n) is 2.93. The van der Waals surface area contributed by atoms with Gasteiger partial charge in [0.25, 0.3) is 5.56 Å². The van der Waals surface area contributed by atoms with Crippen molar-refractivity contribution >= 4 is 28.7 Å². The Balaban J connectivity index is 1.92. The molecule has 0 fully saturated rings. The van der Waals surface area contributed by atoms with Gasteiger partial charge in [-0.2, -0.15) is 4.98 Å². The van der Waals surface area contributed by atoms with Gasteiger partial charge >= 0.3 is 5.69 Å². The van der Waals surface area contributed by atoms with Crippen LogP contribution in [-0.2, 0) is 25.4 Å². The summed E-state index contributed by atoms with van der Waals surface area (Å²) in [6, 6.07) is 2.29. The lowest BCUT2D eigenvalue weighted by atomic mass is 10.1. The molecule has 3 aromatic rings. The van der Waals surface area contributed by atoms with Crippen LogP contribution in [0.4, 0.5) is 8.78 Å². The Morgan fingerprint density at radius 2 is 1.93 bits per heavy atom. The number of halogens is 3. The number of amides is 1. The lowest BCUT2D eigenvalue weighted by Gasteiger charge is -2.16. The van der Waals surface area contributed by atoms with Gasteiger partial charge in [-0.25, -0.2) is 13.6 Å². The average Bonchev–Trinajstić information content (AvgIpc) is 2.94. The number of rotatable bonds is 4. The summed E-state index contributed by atoms with van der Waals surface area (Å²) in [7, 11) is 2.73. The molecule has 0 radical (unpaired) electrons. The topological polar surface area (TPSA) is 90.9 Å². The number of nitrogens with one attached hydrogen (secondary N) is 1. The number of hydrogen-bond donors (Lipinski definition) is 1. The summed E-state index contributed by atoms with van der Waals surface area (Å²) in [6.07, 6.45) is 0. The molecule has 0 aliphatic heterocycles. The lowest BCUT2D eigenvalue weighted by molar-refractivity contribution is -0.122. The Morgan fingerprint density at radius 3 is 2.57 bits per heavy atom. The molecule has 0 saturated heterocycles. The van der Waals surface area contributed by atoms with Crippen molar-refractivity contribution in [2.24, 2.45) is 14.1 Å². The first-order valence-electron chi connectivity index (χ1n) is 8.18. The Morgan fingerprint density at radius 1 is 1.25 bits per heavy atom. The number of imidazole rings is 1. The summed E-state index contributed by atoms with van der Waals surface area (Å²) in [5.74, 6) is -2.09. The number of nitrogens with zero attached hydrogens (tertiary/aromatic N) is 4. The molecule has 28 heavy (non-hydrogen) atoms. The average molecular weight is 412 g/mol. The van der Waals surface area contributed by atoms with E-state index >= 15 is 0 Å². The maximum atomic E-state index is 13.9. The first kappa shape index (κ1) is 19.7. The molecular weight excluding hydrogens is 396 g/mol. The van der Waals surface area contributed by atoms with E-state index < -0.39 is 34.8 Å². The van der Waals surface area contributed by atoms with Gasteiger partial charge < -0.3 is 5.32 Å².